The van der Waals surface area contributed by atoms with Crippen molar-refractivity contribution < 1.29 is 13.2 Å². The summed E-state index contributed by atoms with van der Waals surface area (Å²) in [6.07, 6.45) is 1.70. The summed E-state index contributed by atoms with van der Waals surface area (Å²) < 4.78 is 23.5. The van der Waals surface area contributed by atoms with Gasteiger partial charge in [-0.3, -0.25) is 4.79 Å². The molecule has 1 amide bonds. The van der Waals surface area contributed by atoms with Gasteiger partial charge < -0.3 is 4.90 Å². The fourth-order valence-corrected chi connectivity index (χ4v) is 6.68. The van der Waals surface area contributed by atoms with Gasteiger partial charge in [0.1, 0.15) is 0 Å². The first-order valence-electron chi connectivity index (χ1n) is 6.93. The number of hydrogen-bond donors (Lipinski definition) is 0. The molecule has 1 aromatic rings. The summed E-state index contributed by atoms with van der Waals surface area (Å²) in [5, 5.41) is 0.547. The molecule has 2 unspecified atom stereocenters. The number of fused-ring (bicyclic) bond motifs is 1. The van der Waals surface area contributed by atoms with E-state index in [0.29, 0.717) is 17.3 Å². The van der Waals surface area contributed by atoms with Gasteiger partial charge in [0.2, 0.25) is 0 Å². The molecule has 5 nitrogen and oxygen atoms in total. The molecule has 0 bridgehead atoms. The summed E-state index contributed by atoms with van der Waals surface area (Å²) >= 11 is 1.38. The first-order valence-corrected chi connectivity index (χ1v) is 9.63. The van der Waals surface area contributed by atoms with E-state index in [4.69, 9.17) is 0 Å². The van der Waals surface area contributed by atoms with Crippen LogP contribution in [-0.4, -0.2) is 53.7 Å². The van der Waals surface area contributed by atoms with Gasteiger partial charge in [0.05, 0.1) is 17.5 Å². The Labute approximate surface area is 134 Å². The molecular weight excluding hydrogens is 320 g/mol. The molecule has 2 saturated heterocycles. The van der Waals surface area contributed by atoms with Gasteiger partial charge in [0, 0.05) is 17.4 Å². The van der Waals surface area contributed by atoms with E-state index in [1.165, 1.54) is 11.8 Å². The highest BCUT2D eigenvalue weighted by molar-refractivity contribution is 8.15. The smallest absolute Gasteiger partial charge is 0.279 e. The van der Waals surface area contributed by atoms with Crippen LogP contribution in [0.2, 0.25) is 0 Å². The minimum absolute atomic E-state index is 0.0488. The van der Waals surface area contributed by atoms with Crippen LogP contribution in [0, 0.1) is 0 Å². The van der Waals surface area contributed by atoms with Gasteiger partial charge in [0.25, 0.3) is 5.91 Å². The Morgan fingerprint density at radius 3 is 2.77 bits per heavy atom. The molecule has 0 spiro atoms. The van der Waals surface area contributed by atoms with Crippen LogP contribution >= 0.6 is 11.8 Å². The molecule has 22 heavy (non-hydrogen) atoms. The maximum absolute atomic E-state index is 12.2. The number of carbonyl (C=O) groups excluding carboxylic acids is 1. The molecule has 0 aromatic heterocycles. The fourth-order valence-electron chi connectivity index (χ4n) is 2.72. The second-order valence-electron chi connectivity index (χ2n) is 5.31. The third-order valence-corrected chi connectivity index (χ3v) is 6.97. The summed E-state index contributed by atoms with van der Waals surface area (Å²) in [6.45, 7) is 4.20. The third-order valence-electron chi connectivity index (χ3n) is 3.72. The molecule has 0 radical (unpaired) electrons. The summed E-state index contributed by atoms with van der Waals surface area (Å²) in [6, 6.07) is 8.74. The highest BCUT2D eigenvalue weighted by atomic mass is 32.2. The number of hydrogen-bond acceptors (Lipinski definition) is 4. The third kappa shape index (κ3) is 2.96. The standard InChI is InChI=1S/C15H16N2O3S2/c1-2-8-17-12-9-22(19,20)10-13(12)21-15(17)16-14(18)11-6-4-3-5-7-11/h2-7,12-13H,1,8-10H2. The second-order valence-corrected chi connectivity index (χ2v) is 8.67. The van der Waals surface area contributed by atoms with Crippen LogP contribution in [-0.2, 0) is 9.84 Å². The predicted octanol–water partition coefficient (Wildman–Crippen LogP) is 1.58. The molecule has 2 aliphatic heterocycles. The van der Waals surface area contributed by atoms with Crippen LogP contribution in [0.5, 0.6) is 0 Å². The van der Waals surface area contributed by atoms with E-state index in [2.05, 4.69) is 11.6 Å². The van der Waals surface area contributed by atoms with Crippen LogP contribution in [0.25, 0.3) is 0 Å². The lowest BCUT2D eigenvalue weighted by atomic mass is 10.2. The molecule has 116 valence electrons. The average molecular weight is 336 g/mol. The SMILES string of the molecule is C=CCN1C(=NC(=O)c2ccccc2)SC2CS(=O)(=O)CC21. The zero-order chi connectivity index (χ0) is 15.7. The number of amidine groups is 1. The maximum Gasteiger partial charge on any atom is 0.279 e. The van der Waals surface area contributed by atoms with Crippen LogP contribution in [0.4, 0.5) is 0 Å². The van der Waals surface area contributed by atoms with Crippen LogP contribution in [0.3, 0.4) is 0 Å². The number of amides is 1. The topological polar surface area (TPSA) is 66.8 Å². The average Bonchev–Trinajstić information content (AvgIpc) is 2.93. The number of aliphatic imine (C=N–C) groups is 1. The largest absolute Gasteiger partial charge is 0.342 e. The van der Waals surface area contributed by atoms with Crippen molar-refractivity contribution in [3.8, 4) is 0 Å². The molecule has 0 aliphatic carbocycles. The van der Waals surface area contributed by atoms with E-state index in [1.54, 1.807) is 30.3 Å². The van der Waals surface area contributed by atoms with Crippen LogP contribution in [0.15, 0.2) is 48.0 Å². The molecule has 2 fully saturated rings. The van der Waals surface area contributed by atoms with E-state index in [-0.39, 0.29) is 28.7 Å². The van der Waals surface area contributed by atoms with Crippen molar-refractivity contribution in [1.82, 2.24) is 4.90 Å². The van der Waals surface area contributed by atoms with Crippen LogP contribution in [0.1, 0.15) is 10.4 Å². The Morgan fingerprint density at radius 2 is 2.09 bits per heavy atom. The van der Waals surface area contributed by atoms with Gasteiger partial charge >= 0.3 is 0 Å². The summed E-state index contributed by atoms with van der Waals surface area (Å²) in [4.78, 5) is 18.3. The van der Waals surface area contributed by atoms with Crippen molar-refractivity contribution >= 4 is 32.7 Å². The molecule has 0 saturated carbocycles. The first-order chi connectivity index (χ1) is 10.5. The van der Waals surface area contributed by atoms with Crippen molar-refractivity contribution in [2.24, 2.45) is 4.99 Å². The lowest BCUT2D eigenvalue weighted by molar-refractivity contribution is 0.100. The number of benzene rings is 1. The van der Waals surface area contributed by atoms with E-state index in [1.807, 2.05) is 11.0 Å². The number of nitrogens with zero attached hydrogens (tertiary/aromatic N) is 2. The Balaban J connectivity index is 1.86. The molecule has 2 atom stereocenters. The minimum Gasteiger partial charge on any atom is -0.342 e. The number of sulfone groups is 1. The van der Waals surface area contributed by atoms with E-state index >= 15 is 0 Å². The second kappa shape index (κ2) is 5.89. The van der Waals surface area contributed by atoms with Gasteiger partial charge in [-0.2, -0.15) is 4.99 Å². The van der Waals surface area contributed by atoms with Crippen molar-refractivity contribution in [2.45, 2.75) is 11.3 Å². The van der Waals surface area contributed by atoms with Gasteiger partial charge in [-0.15, -0.1) is 6.58 Å². The van der Waals surface area contributed by atoms with E-state index in [0.717, 1.165) is 0 Å². The minimum atomic E-state index is -3.00. The predicted molar refractivity (Wildman–Crippen MR) is 88.9 cm³/mol. The Bertz CT molecular complexity index is 728. The Morgan fingerprint density at radius 1 is 1.36 bits per heavy atom. The van der Waals surface area contributed by atoms with Crippen molar-refractivity contribution in [1.29, 1.82) is 0 Å². The van der Waals surface area contributed by atoms with Crippen molar-refractivity contribution in [2.75, 3.05) is 18.1 Å². The molecule has 3 rings (SSSR count). The quantitative estimate of drug-likeness (QED) is 0.784. The van der Waals surface area contributed by atoms with Crippen LogP contribution < -0.4 is 0 Å². The number of carbonyl (C=O) groups is 1. The lowest BCUT2D eigenvalue weighted by Gasteiger charge is -2.22. The maximum atomic E-state index is 12.2. The Kier molecular flexibility index (Phi) is 4.10. The highest BCUT2D eigenvalue weighted by Crippen LogP contribution is 2.38. The lowest BCUT2D eigenvalue weighted by Crippen LogP contribution is -2.37. The van der Waals surface area contributed by atoms with Gasteiger partial charge in [-0.1, -0.05) is 36.0 Å². The highest BCUT2D eigenvalue weighted by Gasteiger charge is 2.48. The molecule has 7 heteroatoms. The zero-order valence-corrected chi connectivity index (χ0v) is 13.5. The molecule has 2 aliphatic rings. The Hall–Kier alpha value is -1.60. The summed E-state index contributed by atoms with van der Waals surface area (Å²) in [5.74, 6) is -0.0361. The van der Waals surface area contributed by atoms with Crippen molar-refractivity contribution in [3.05, 3.63) is 48.6 Å². The van der Waals surface area contributed by atoms with Gasteiger partial charge in [-0.25, -0.2) is 8.42 Å². The van der Waals surface area contributed by atoms with Crippen molar-refractivity contribution in [3.63, 3.8) is 0 Å². The molecule has 1 aromatic carbocycles. The van der Waals surface area contributed by atoms with Gasteiger partial charge in [-0.05, 0) is 12.1 Å². The molecular formula is C15H16N2O3S2. The van der Waals surface area contributed by atoms with Gasteiger partial charge in [0.15, 0.2) is 15.0 Å². The summed E-state index contributed by atoms with van der Waals surface area (Å²) in [7, 11) is -3.00. The summed E-state index contributed by atoms with van der Waals surface area (Å²) in [5.41, 5.74) is 0.527. The molecule has 2 heterocycles. The number of thioether (sulfide) groups is 1. The van der Waals surface area contributed by atoms with E-state index in [9.17, 15) is 13.2 Å². The number of rotatable bonds is 3. The fraction of sp³-hybridized carbons (Fsp3) is 0.333. The molecule has 0 N–H and O–H groups in total. The van der Waals surface area contributed by atoms with E-state index < -0.39 is 9.84 Å². The normalized spacial score (nSPS) is 27.8. The zero-order valence-electron chi connectivity index (χ0n) is 11.9. The monoisotopic (exact) mass is 336 g/mol. The first kappa shape index (κ1) is 15.3.